The van der Waals surface area contributed by atoms with Gasteiger partial charge in [-0.15, -0.1) is 0 Å². The van der Waals surface area contributed by atoms with Crippen LogP contribution in [-0.4, -0.2) is 38.0 Å². The second kappa shape index (κ2) is 8.26. The van der Waals surface area contributed by atoms with Gasteiger partial charge in [0.25, 0.3) is 0 Å². The third-order valence-electron chi connectivity index (χ3n) is 3.55. The molecule has 0 radical (unpaired) electrons. The number of nitrogens with zero attached hydrogens (tertiary/aromatic N) is 2. The van der Waals surface area contributed by atoms with Crippen LogP contribution in [0.2, 0.25) is 0 Å². The van der Waals surface area contributed by atoms with Crippen molar-refractivity contribution in [2.45, 2.75) is 32.6 Å². The highest BCUT2D eigenvalue weighted by molar-refractivity contribution is 7.89. The molecule has 0 spiro atoms. The molecule has 1 aromatic carbocycles. The molecule has 136 valence electrons. The molecule has 1 heterocycles. The molecule has 0 aliphatic carbocycles. The van der Waals surface area contributed by atoms with Crippen LogP contribution < -0.4 is 15.4 Å². The zero-order valence-corrected chi connectivity index (χ0v) is 15.9. The quantitative estimate of drug-likeness (QED) is 0.623. The fourth-order valence-corrected chi connectivity index (χ4v) is 3.74. The van der Waals surface area contributed by atoms with Gasteiger partial charge in [-0.2, -0.15) is 0 Å². The lowest BCUT2D eigenvalue weighted by Crippen LogP contribution is -2.29. The van der Waals surface area contributed by atoms with Gasteiger partial charge in [-0.3, -0.25) is 0 Å². The van der Waals surface area contributed by atoms with Crippen LogP contribution in [0.4, 0.5) is 11.6 Å². The first kappa shape index (κ1) is 19.1. The van der Waals surface area contributed by atoms with E-state index in [1.807, 2.05) is 32.9 Å². The maximum atomic E-state index is 12.4. The van der Waals surface area contributed by atoms with Crippen LogP contribution >= 0.6 is 0 Å². The Kier molecular flexibility index (Phi) is 6.33. The van der Waals surface area contributed by atoms with E-state index in [1.165, 1.54) is 0 Å². The van der Waals surface area contributed by atoms with Crippen molar-refractivity contribution in [1.29, 1.82) is 0 Å². The first-order valence-corrected chi connectivity index (χ1v) is 9.70. The van der Waals surface area contributed by atoms with E-state index in [2.05, 4.69) is 25.3 Å². The third-order valence-corrected chi connectivity index (χ3v) is 5.16. The normalized spacial score (nSPS) is 11.4. The van der Waals surface area contributed by atoms with E-state index >= 15 is 0 Å². The number of sulfonamides is 1. The maximum Gasteiger partial charge on any atom is 0.240 e. The molecule has 25 heavy (non-hydrogen) atoms. The van der Waals surface area contributed by atoms with Crippen LogP contribution in [0.15, 0.2) is 29.2 Å². The van der Waals surface area contributed by atoms with Gasteiger partial charge in [-0.1, -0.05) is 12.1 Å². The molecule has 3 N–H and O–H groups in total. The van der Waals surface area contributed by atoms with Crippen molar-refractivity contribution in [2.24, 2.45) is 0 Å². The number of benzene rings is 1. The summed E-state index contributed by atoms with van der Waals surface area (Å²) in [5.74, 6) is 2.06. The predicted octanol–water partition coefficient (Wildman–Crippen LogP) is 2.22. The van der Waals surface area contributed by atoms with Gasteiger partial charge in [-0.25, -0.2) is 23.1 Å². The van der Waals surface area contributed by atoms with E-state index in [0.717, 1.165) is 23.5 Å². The molecule has 0 unspecified atom stereocenters. The Bertz CT molecular complexity index is 837. The van der Waals surface area contributed by atoms with Crippen molar-refractivity contribution >= 4 is 21.7 Å². The lowest BCUT2D eigenvalue weighted by molar-refractivity contribution is 0.582. The van der Waals surface area contributed by atoms with Gasteiger partial charge in [0.15, 0.2) is 0 Å². The number of rotatable bonds is 8. The minimum Gasteiger partial charge on any atom is -0.370 e. The highest BCUT2D eigenvalue weighted by Gasteiger charge is 2.16. The van der Waals surface area contributed by atoms with Crippen molar-refractivity contribution in [3.63, 3.8) is 0 Å². The second-order valence-corrected chi connectivity index (χ2v) is 7.54. The minimum absolute atomic E-state index is 0.259. The number of aromatic nitrogens is 2. The van der Waals surface area contributed by atoms with Crippen LogP contribution in [0, 0.1) is 20.8 Å². The summed E-state index contributed by atoms with van der Waals surface area (Å²) in [6.45, 7) is 8.92. The summed E-state index contributed by atoms with van der Waals surface area (Å²) in [6, 6.07) is 7.20. The molecule has 7 nitrogen and oxygen atoms in total. The Balaban J connectivity index is 1.95. The summed E-state index contributed by atoms with van der Waals surface area (Å²) in [4.78, 5) is 8.89. The number of nitrogens with one attached hydrogen (secondary N) is 3. The van der Waals surface area contributed by atoms with Crippen molar-refractivity contribution < 1.29 is 8.42 Å². The molecule has 0 fully saturated rings. The largest absolute Gasteiger partial charge is 0.370 e. The van der Waals surface area contributed by atoms with Crippen LogP contribution in [-0.2, 0) is 10.0 Å². The van der Waals surface area contributed by atoms with E-state index in [1.54, 1.807) is 19.1 Å². The first-order valence-electron chi connectivity index (χ1n) is 8.22. The Hall–Kier alpha value is -2.19. The van der Waals surface area contributed by atoms with E-state index < -0.39 is 10.0 Å². The summed E-state index contributed by atoms with van der Waals surface area (Å²) < 4.78 is 27.5. The minimum atomic E-state index is -3.53. The standard InChI is InChI=1S/C17H25N5O2S/c1-5-18-16-11-17(22-14(4)21-16)19-8-9-20-25(23,24)15-10-12(2)6-7-13(15)3/h6-7,10-11,20H,5,8-9H2,1-4H3,(H2,18,19,21,22). The van der Waals surface area contributed by atoms with Crippen molar-refractivity contribution in [3.05, 3.63) is 41.2 Å². The lowest BCUT2D eigenvalue weighted by atomic mass is 10.2. The van der Waals surface area contributed by atoms with Gasteiger partial charge in [-0.05, 0) is 44.9 Å². The first-order chi connectivity index (χ1) is 11.8. The molecular formula is C17H25N5O2S. The molecule has 0 atom stereocenters. The van der Waals surface area contributed by atoms with Gasteiger partial charge in [0.2, 0.25) is 10.0 Å². The van der Waals surface area contributed by atoms with Crippen molar-refractivity contribution in [2.75, 3.05) is 30.3 Å². The predicted molar refractivity (Wildman–Crippen MR) is 101 cm³/mol. The van der Waals surface area contributed by atoms with Gasteiger partial charge >= 0.3 is 0 Å². The van der Waals surface area contributed by atoms with Crippen molar-refractivity contribution in [3.8, 4) is 0 Å². The maximum absolute atomic E-state index is 12.4. The monoisotopic (exact) mass is 363 g/mol. The molecule has 0 aliphatic heterocycles. The molecule has 0 amide bonds. The summed E-state index contributed by atoms with van der Waals surface area (Å²) >= 11 is 0. The second-order valence-electron chi connectivity index (χ2n) is 5.81. The van der Waals surface area contributed by atoms with E-state index in [4.69, 9.17) is 0 Å². The van der Waals surface area contributed by atoms with Gasteiger partial charge in [0.1, 0.15) is 17.5 Å². The number of hydrogen-bond donors (Lipinski definition) is 3. The molecule has 0 saturated carbocycles. The van der Waals surface area contributed by atoms with Gasteiger partial charge < -0.3 is 10.6 Å². The topological polar surface area (TPSA) is 96.0 Å². The fourth-order valence-electron chi connectivity index (χ4n) is 2.38. The Labute approximate surface area is 149 Å². The molecule has 0 saturated heterocycles. The van der Waals surface area contributed by atoms with Crippen LogP contribution in [0.5, 0.6) is 0 Å². The number of hydrogen-bond acceptors (Lipinski definition) is 6. The zero-order chi connectivity index (χ0) is 18.4. The molecule has 1 aromatic heterocycles. The van der Waals surface area contributed by atoms with Crippen molar-refractivity contribution in [1.82, 2.24) is 14.7 Å². The molecule has 2 rings (SSSR count). The molecule has 8 heteroatoms. The van der Waals surface area contributed by atoms with E-state index in [9.17, 15) is 8.42 Å². The average molecular weight is 363 g/mol. The molecule has 0 aliphatic rings. The Morgan fingerprint density at radius 1 is 0.960 bits per heavy atom. The zero-order valence-electron chi connectivity index (χ0n) is 15.0. The van der Waals surface area contributed by atoms with Gasteiger partial charge in [0, 0.05) is 25.7 Å². The number of anilines is 2. The van der Waals surface area contributed by atoms with E-state index in [-0.39, 0.29) is 6.54 Å². The van der Waals surface area contributed by atoms with Crippen LogP contribution in [0.3, 0.4) is 0 Å². The smallest absolute Gasteiger partial charge is 0.240 e. The molecule has 2 aromatic rings. The summed E-state index contributed by atoms with van der Waals surface area (Å²) in [6.07, 6.45) is 0. The van der Waals surface area contributed by atoms with Crippen LogP contribution in [0.1, 0.15) is 23.9 Å². The molecular weight excluding hydrogens is 338 g/mol. The average Bonchev–Trinajstić information content (AvgIpc) is 2.54. The Morgan fingerprint density at radius 3 is 2.32 bits per heavy atom. The number of aryl methyl sites for hydroxylation is 3. The SMILES string of the molecule is CCNc1cc(NCCNS(=O)(=O)c2cc(C)ccc2C)nc(C)n1. The lowest BCUT2D eigenvalue weighted by Gasteiger charge is -2.12. The van der Waals surface area contributed by atoms with Crippen LogP contribution in [0.25, 0.3) is 0 Å². The third kappa shape index (κ3) is 5.40. The van der Waals surface area contributed by atoms with E-state index in [0.29, 0.717) is 23.1 Å². The fraction of sp³-hybridized carbons (Fsp3) is 0.412. The summed E-state index contributed by atoms with van der Waals surface area (Å²) in [7, 11) is -3.53. The highest BCUT2D eigenvalue weighted by atomic mass is 32.2. The van der Waals surface area contributed by atoms with Gasteiger partial charge in [0.05, 0.1) is 4.90 Å². The summed E-state index contributed by atoms with van der Waals surface area (Å²) in [5, 5.41) is 6.25. The molecule has 0 bridgehead atoms. The highest BCUT2D eigenvalue weighted by Crippen LogP contribution is 2.16. The summed E-state index contributed by atoms with van der Waals surface area (Å²) in [5.41, 5.74) is 1.64. The Morgan fingerprint density at radius 2 is 1.64 bits per heavy atom.